The van der Waals surface area contributed by atoms with E-state index in [1.807, 2.05) is 6.07 Å². The number of methoxy groups -OCH3 is 1. The zero-order valence-electron chi connectivity index (χ0n) is 19.8. The maximum atomic E-state index is 13.5. The molecule has 2 aromatic carbocycles. The van der Waals surface area contributed by atoms with Crippen LogP contribution in [-0.2, 0) is 4.79 Å². The number of azo groups is 1. The molecule has 0 radical (unpaired) electrons. The molecule has 0 saturated heterocycles. The Hall–Kier alpha value is -5.77. The Balaban J connectivity index is 1.61. The molecular formula is C25H18N10O3. The highest BCUT2D eigenvalue weighted by molar-refractivity contribution is 5.96. The van der Waals surface area contributed by atoms with E-state index in [2.05, 4.69) is 40.6 Å². The van der Waals surface area contributed by atoms with Crippen molar-refractivity contribution in [2.75, 3.05) is 12.4 Å². The molecule has 1 atom stereocenters. The molecule has 0 spiro atoms. The summed E-state index contributed by atoms with van der Waals surface area (Å²) in [6.07, 6.45) is 4.27. The van der Waals surface area contributed by atoms with Gasteiger partial charge in [-0.3, -0.25) is 9.59 Å². The predicted octanol–water partition coefficient (Wildman–Crippen LogP) is 3.24. The van der Waals surface area contributed by atoms with Gasteiger partial charge in [0, 0.05) is 12.4 Å². The molecule has 0 bridgehead atoms. The highest BCUT2D eigenvalue weighted by Gasteiger charge is 2.27. The molecule has 0 aliphatic rings. The van der Waals surface area contributed by atoms with Crippen molar-refractivity contribution in [3.63, 3.8) is 0 Å². The fraction of sp³-hybridized carbons (Fsp3) is 0.0800. The third-order valence-electron chi connectivity index (χ3n) is 5.37. The van der Waals surface area contributed by atoms with Gasteiger partial charge in [0.15, 0.2) is 11.9 Å². The zero-order valence-corrected chi connectivity index (χ0v) is 19.8. The van der Waals surface area contributed by atoms with E-state index in [1.54, 1.807) is 54.6 Å². The van der Waals surface area contributed by atoms with Gasteiger partial charge in [0.05, 0.1) is 30.0 Å². The van der Waals surface area contributed by atoms with Crippen molar-refractivity contribution in [2.24, 2.45) is 10.2 Å². The van der Waals surface area contributed by atoms with Crippen molar-refractivity contribution >= 4 is 28.4 Å². The van der Waals surface area contributed by atoms with E-state index in [4.69, 9.17) is 4.74 Å². The number of rotatable bonds is 7. The van der Waals surface area contributed by atoms with Crippen LogP contribution in [0.25, 0.3) is 17.0 Å². The molecule has 0 aliphatic heterocycles. The normalized spacial score (nSPS) is 11.8. The maximum absolute atomic E-state index is 13.5. The van der Waals surface area contributed by atoms with Gasteiger partial charge in [-0.2, -0.15) is 20.2 Å². The van der Waals surface area contributed by atoms with Gasteiger partial charge < -0.3 is 15.0 Å². The van der Waals surface area contributed by atoms with Crippen LogP contribution in [0.4, 0.5) is 11.5 Å². The number of carbonyl (C=O) groups is 1. The number of para-hydroxylation sites is 4. The van der Waals surface area contributed by atoms with Crippen LogP contribution < -0.4 is 15.6 Å². The third-order valence-corrected chi connectivity index (χ3v) is 5.37. The Morgan fingerprint density at radius 3 is 2.68 bits per heavy atom. The third kappa shape index (κ3) is 4.69. The summed E-state index contributed by atoms with van der Waals surface area (Å²) < 4.78 is 6.52. The van der Waals surface area contributed by atoms with Crippen LogP contribution in [0.1, 0.15) is 17.3 Å². The van der Waals surface area contributed by atoms with Crippen molar-refractivity contribution in [2.45, 2.75) is 6.04 Å². The highest BCUT2D eigenvalue weighted by Crippen LogP contribution is 2.27. The summed E-state index contributed by atoms with van der Waals surface area (Å²) in [4.78, 5) is 41.9. The summed E-state index contributed by atoms with van der Waals surface area (Å²) in [5, 5.41) is 24.7. The quantitative estimate of drug-likeness (QED) is 0.316. The molecule has 1 unspecified atom stereocenters. The summed E-state index contributed by atoms with van der Waals surface area (Å²) in [5.74, 6) is -0.180. The molecule has 3 aromatic heterocycles. The minimum atomic E-state index is -1.50. The molecule has 1 amide bonds. The van der Waals surface area contributed by atoms with Gasteiger partial charge in [0.1, 0.15) is 23.1 Å². The number of hydrogen-bond acceptors (Lipinski definition) is 10. The van der Waals surface area contributed by atoms with Crippen molar-refractivity contribution < 1.29 is 9.53 Å². The number of benzene rings is 2. The van der Waals surface area contributed by atoms with Gasteiger partial charge in [0.2, 0.25) is 0 Å². The number of aromatic nitrogens is 6. The van der Waals surface area contributed by atoms with Crippen LogP contribution in [0.5, 0.6) is 5.75 Å². The first-order valence-electron chi connectivity index (χ1n) is 11.2. The number of amides is 1. The van der Waals surface area contributed by atoms with Crippen molar-refractivity contribution in [1.82, 2.24) is 29.7 Å². The fourth-order valence-corrected chi connectivity index (χ4v) is 3.59. The number of fused-ring (bicyclic) bond motifs is 1. The standard InChI is InChI=1S/C25H18N10O3/c1-38-19-10-5-4-9-18(19)32-24(37)21(20-23(36)31-17-8-3-2-7-16(17)30-20)33-34-22-15(13-26)14-29-35(22)25-27-11-6-12-28-25/h2-12,14,21H,1H3,(H,31,36)(H,32,37). The second-order valence-electron chi connectivity index (χ2n) is 7.73. The van der Waals surface area contributed by atoms with E-state index >= 15 is 0 Å². The first kappa shape index (κ1) is 23.9. The molecule has 3 heterocycles. The number of carbonyl (C=O) groups excluding carboxylic acids is 1. The molecule has 13 nitrogen and oxygen atoms in total. The number of H-pyrrole nitrogens is 1. The molecular weight excluding hydrogens is 488 g/mol. The molecule has 5 aromatic rings. The largest absolute Gasteiger partial charge is 0.495 e. The molecule has 38 heavy (non-hydrogen) atoms. The van der Waals surface area contributed by atoms with Gasteiger partial charge >= 0.3 is 0 Å². The monoisotopic (exact) mass is 506 g/mol. The zero-order chi connectivity index (χ0) is 26.5. The first-order chi connectivity index (χ1) is 18.6. The molecule has 0 aliphatic carbocycles. The first-order valence-corrected chi connectivity index (χ1v) is 11.2. The SMILES string of the molecule is COc1ccccc1NC(=O)C(N=Nc1c(C#N)cnn1-c1ncccn1)c1nc2ccccc2[nH]c1=O. The van der Waals surface area contributed by atoms with E-state index in [0.29, 0.717) is 22.5 Å². The number of nitriles is 1. The summed E-state index contributed by atoms with van der Waals surface area (Å²) >= 11 is 0. The van der Waals surface area contributed by atoms with Crippen LogP contribution >= 0.6 is 0 Å². The molecule has 2 N–H and O–H groups in total. The van der Waals surface area contributed by atoms with Crippen LogP contribution in [0, 0.1) is 11.3 Å². The average Bonchev–Trinajstić information content (AvgIpc) is 3.37. The van der Waals surface area contributed by atoms with Crippen molar-refractivity contribution in [3.05, 3.63) is 94.8 Å². The number of aromatic amines is 1. The number of hydrogen-bond donors (Lipinski definition) is 2. The van der Waals surface area contributed by atoms with Gasteiger partial charge in [-0.05, 0) is 30.3 Å². The molecule has 0 fully saturated rings. The van der Waals surface area contributed by atoms with E-state index in [9.17, 15) is 14.9 Å². The van der Waals surface area contributed by atoms with Crippen molar-refractivity contribution in [3.8, 4) is 17.8 Å². The maximum Gasteiger partial charge on any atom is 0.273 e. The second kappa shape index (κ2) is 10.5. The van der Waals surface area contributed by atoms with Crippen molar-refractivity contribution in [1.29, 1.82) is 5.26 Å². The number of nitrogens with zero attached hydrogens (tertiary/aromatic N) is 8. The Labute approximate surface area is 214 Å². The minimum absolute atomic E-state index is 0.0222. The lowest BCUT2D eigenvalue weighted by Crippen LogP contribution is -2.27. The predicted molar refractivity (Wildman–Crippen MR) is 135 cm³/mol. The summed E-state index contributed by atoms with van der Waals surface area (Å²) in [6.45, 7) is 0. The lowest BCUT2D eigenvalue weighted by atomic mass is 10.2. The van der Waals surface area contributed by atoms with E-state index < -0.39 is 17.5 Å². The van der Waals surface area contributed by atoms with E-state index in [1.165, 1.54) is 30.4 Å². The smallest absolute Gasteiger partial charge is 0.273 e. The number of nitrogens with one attached hydrogen (secondary N) is 2. The summed E-state index contributed by atoms with van der Waals surface area (Å²) in [5.41, 5.74) is 0.549. The fourth-order valence-electron chi connectivity index (χ4n) is 3.59. The van der Waals surface area contributed by atoms with Crippen LogP contribution in [-0.4, -0.2) is 42.7 Å². The minimum Gasteiger partial charge on any atom is -0.495 e. The Morgan fingerprint density at radius 1 is 1.13 bits per heavy atom. The number of ether oxygens (including phenoxy) is 1. The summed E-state index contributed by atoms with van der Waals surface area (Å²) in [7, 11) is 1.47. The molecule has 0 saturated carbocycles. The lowest BCUT2D eigenvalue weighted by molar-refractivity contribution is -0.117. The Kier molecular flexibility index (Phi) is 6.59. The average molecular weight is 506 g/mol. The van der Waals surface area contributed by atoms with E-state index in [-0.39, 0.29) is 23.0 Å². The molecule has 5 rings (SSSR count). The van der Waals surface area contributed by atoms with Gasteiger partial charge in [-0.25, -0.2) is 15.0 Å². The van der Waals surface area contributed by atoms with Crippen LogP contribution in [0.2, 0.25) is 0 Å². The number of anilines is 1. The molecule has 186 valence electrons. The topological polar surface area (TPSA) is 176 Å². The highest BCUT2D eigenvalue weighted by atomic mass is 16.5. The molecule has 13 heteroatoms. The van der Waals surface area contributed by atoms with Crippen LogP contribution in [0.15, 0.2) is 88.2 Å². The lowest BCUT2D eigenvalue weighted by Gasteiger charge is -2.14. The second-order valence-corrected chi connectivity index (χ2v) is 7.73. The van der Waals surface area contributed by atoms with Gasteiger partial charge in [0.25, 0.3) is 17.4 Å². The summed E-state index contributed by atoms with van der Waals surface area (Å²) in [6, 6.07) is 15.8. The van der Waals surface area contributed by atoms with Gasteiger partial charge in [-0.15, -0.1) is 5.11 Å². The Bertz CT molecular complexity index is 1760. The van der Waals surface area contributed by atoms with E-state index in [0.717, 1.165) is 0 Å². The van der Waals surface area contributed by atoms with Crippen LogP contribution in [0.3, 0.4) is 0 Å². The van der Waals surface area contributed by atoms with Gasteiger partial charge in [-0.1, -0.05) is 24.3 Å². The Morgan fingerprint density at radius 2 is 1.89 bits per heavy atom.